The first kappa shape index (κ1) is 11.8. The van der Waals surface area contributed by atoms with Crippen LogP contribution in [0.15, 0.2) is 0 Å². The Morgan fingerprint density at radius 1 is 1.75 bits per heavy atom. The van der Waals surface area contributed by atoms with Crippen molar-refractivity contribution in [3.63, 3.8) is 0 Å². The van der Waals surface area contributed by atoms with Gasteiger partial charge in [-0.1, -0.05) is 12.6 Å². The van der Waals surface area contributed by atoms with Crippen LogP contribution in [0, 0.1) is 0 Å². The average molecular weight is 163 g/mol. The Bertz CT molecular complexity index is 79.7. The molecule has 0 bridgehead atoms. The van der Waals surface area contributed by atoms with Crippen LogP contribution in [0.5, 0.6) is 0 Å². The summed E-state index contributed by atoms with van der Waals surface area (Å²) >= 11 is 6.84. The molecule has 0 aliphatic carbocycles. The van der Waals surface area contributed by atoms with E-state index in [1.807, 2.05) is 5.53 Å². The third kappa shape index (κ3) is 5.23. The van der Waals surface area contributed by atoms with Crippen LogP contribution < -0.4 is 11.4 Å². The Hall–Kier alpha value is 1.09. The van der Waals surface area contributed by atoms with Crippen LogP contribution in [0.3, 0.4) is 0 Å². The van der Waals surface area contributed by atoms with Crippen LogP contribution in [-0.4, -0.2) is 39.2 Å². The monoisotopic (exact) mass is 163 g/mol. The van der Waals surface area contributed by atoms with E-state index in [4.69, 9.17) is 5.84 Å². The third-order valence-electron chi connectivity index (χ3n) is 0.303. The zero-order valence-corrected chi connectivity index (χ0v) is 5.12. The zero-order valence-electron chi connectivity index (χ0n) is 3.33. The number of amides is 1. The van der Waals surface area contributed by atoms with Crippen molar-refractivity contribution in [3.8, 4) is 0 Å². The van der Waals surface area contributed by atoms with E-state index in [-0.39, 0.29) is 29.6 Å². The number of rotatable bonds is 1. The summed E-state index contributed by atoms with van der Waals surface area (Å²) in [7, 11) is 0. The van der Waals surface area contributed by atoms with Gasteiger partial charge in [-0.15, -0.1) is 0 Å². The molecule has 4 nitrogen and oxygen atoms in total. The van der Waals surface area contributed by atoms with Crippen LogP contribution in [0.1, 0.15) is 0 Å². The normalized spacial score (nSPS) is 7.38. The van der Waals surface area contributed by atoms with Crippen LogP contribution in [0.25, 0.3) is 0 Å². The number of hydrogen-bond donors (Lipinski definition) is 4. The molecule has 0 saturated heterocycles. The Morgan fingerprint density at radius 3 is 2.12 bits per heavy atom. The summed E-state index contributed by atoms with van der Waals surface area (Å²) in [5.41, 5.74) is 1.94. The van der Waals surface area contributed by atoms with Crippen molar-refractivity contribution in [1.82, 2.24) is 9.95 Å². The summed E-state index contributed by atoms with van der Waals surface area (Å²) in [6.45, 7) is 0. The summed E-state index contributed by atoms with van der Waals surface area (Å²) in [4.78, 5) is 9.95. The van der Waals surface area contributed by atoms with Gasteiger partial charge in [0.2, 0.25) is 0 Å². The Labute approximate surface area is 80.3 Å². The number of nitrogens with two attached hydrogens (primary N) is 1. The van der Waals surface area contributed by atoms with Crippen LogP contribution in [0.4, 0.5) is 4.79 Å². The van der Waals surface area contributed by atoms with Gasteiger partial charge in [0, 0.05) is 0 Å². The van der Waals surface area contributed by atoms with E-state index >= 15 is 0 Å². The molecule has 0 heterocycles. The van der Waals surface area contributed by atoms with E-state index < -0.39 is 5.24 Å². The van der Waals surface area contributed by atoms with E-state index in [1.54, 1.807) is 0 Å². The standard InChI is InChI=1S/CH5N3OS2.Na.H/c2-3-4(7)1(5)6;;/h3,7H,2H2,(H,5,6);;. The van der Waals surface area contributed by atoms with Crippen molar-refractivity contribution in [3.05, 3.63) is 0 Å². The molecule has 3 N–H and O–H groups in total. The fourth-order valence-corrected chi connectivity index (χ4v) is 0.113. The van der Waals surface area contributed by atoms with Crippen LogP contribution >= 0.6 is 25.4 Å². The predicted molar refractivity (Wildman–Crippen MR) is 39.7 cm³/mol. The van der Waals surface area contributed by atoms with Gasteiger partial charge in [0.05, 0.1) is 0 Å². The molecule has 44 valence electrons. The Balaban J connectivity index is 0. The number of nitrogens with zero attached hydrogens (tertiary/aromatic N) is 1. The molecule has 0 unspecified atom stereocenters. The summed E-state index contributed by atoms with van der Waals surface area (Å²) in [6.07, 6.45) is 0. The van der Waals surface area contributed by atoms with E-state index in [1.165, 1.54) is 0 Å². The molecule has 8 heavy (non-hydrogen) atoms. The molecule has 7 heteroatoms. The summed E-state index contributed by atoms with van der Waals surface area (Å²) in [6, 6.07) is 0. The van der Waals surface area contributed by atoms with Crippen molar-refractivity contribution in [1.29, 1.82) is 0 Å². The quantitative estimate of drug-likeness (QED) is 0.172. The van der Waals surface area contributed by atoms with Gasteiger partial charge in [-0.05, 0) is 12.8 Å². The molecule has 0 atom stereocenters. The minimum atomic E-state index is -0.550. The summed E-state index contributed by atoms with van der Waals surface area (Å²) in [5, 5.41) is -0.550. The van der Waals surface area contributed by atoms with E-state index in [2.05, 4.69) is 25.4 Å². The fraction of sp³-hybridized carbons (Fsp3) is 0. The van der Waals surface area contributed by atoms with Gasteiger partial charge in [-0.3, -0.25) is 10.6 Å². The van der Waals surface area contributed by atoms with Gasteiger partial charge in [0.1, 0.15) is 0 Å². The second-order valence-electron chi connectivity index (χ2n) is 0.723. The molecule has 0 radical (unpaired) electrons. The van der Waals surface area contributed by atoms with Gasteiger partial charge in [-0.25, -0.2) is 0 Å². The Morgan fingerprint density at radius 2 is 2.12 bits per heavy atom. The SMILES string of the molecule is NNN(S)C(=O)S.[NaH]. The van der Waals surface area contributed by atoms with Crippen molar-refractivity contribution >= 4 is 60.2 Å². The second kappa shape index (κ2) is 6.21. The van der Waals surface area contributed by atoms with Gasteiger partial charge in [-0.2, -0.15) is 9.95 Å². The van der Waals surface area contributed by atoms with Crippen molar-refractivity contribution in [2.24, 2.45) is 5.84 Å². The maximum absolute atomic E-state index is 9.95. The summed E-state index contributed by atoms with van der Waals surface area (Å²) < 4.78 is 0.739. The molecule has 0 aliphatic rings. The predicted octanol–water partition coefficient (Wildman–Crippen LogP) is -1.09. The number of thiol groups is 2. The van der Waals surface area contributed by atoms with Gasteiger partial charge in [0.25, 0.3) is 0 Å². The molecule has 0 fully saturated rings. The fourth-order valence-electron chi connectivity index (χ4n) is 0.0552. The maximum atomic E-state index is 9.95. The minimum absolute atomic E-state index is 0. The van der Waals surface area contributed by atoms with Crippen molar-refractivity contribution in [2.75, 3.05) is 0 Å². The first-order valence-corrected chi connectivity index (χ1v) is 2.21. The molecule has 0 saturated carbocycles. The van der Waals surface area contributed by atoms with Gasteiger partial charge >= 0.3 is 34.8 Å². The second-order valence-corrected chi connectivity index (χ2v) is 1.51. The number of nitrogens with one attached hydrogen (secondary N) is 1. The molecule has 0 aromatic rings. The number of carbonyl (C=O) groups is 1. The molecule has 0 spiro atoms. The first-order chi connectivity index (χ1) is 3.18. The molecule has 0 aliphatic heterocycles. The molecule has 0 aromatic carbocycles. The third-order valence-corrected chi connectivity index (χ3v) is 0.958. The average Bonchev–Trinajstić information content (AvgIpc) is 1.65. The molecule has 1 amide bonds. The number of hydrogen-bond acceptors (Lipinski definition) is 4. The van der Waals surface area contributed by atoms with E-state index in [0.717, 1.165) is 4.41 Å². The first-order valence-electron chi connectivity index (χ1n) is 1.36. The van der Waals surface area contributed by atoms with E-state index in [9.17, 15) is 4.79 Å². The molecular formula is CH6N3NaOS2. The van der Waals surface area contributed by atoms with Crippen molar-refractivity contribution in [2.45, 2.75) is 0 Å². The van der Waals surface area contributed by atoms with Crippen molar-refractivity contribution < 1.29 is 4.79 Å². The van der Waals surface area contributed by atoms with E-state index in [0.29, 0.717) is 0 Å². The topological polar surface area (TPSA) is 58.4 Å². The number of hydrazine groups is 2. The Kier molecular flexibility index (Phi) is 9.19. The van der Waals surface area contributed by atoms with Gasteiger partial charge in [0.15, 0.2) is 0 Å². The number of carbonyl (C=O) groups excluding carboxylic acids is 1. The zero-order chi connectivity index (χ0) is 5.86. The molecule has 0 aromatic heterocycles. The van der Waals surface area contributed by atoms with Gasteiger partial charge < -0.3 is 0 Å². The molecular weight excluding hydrogens is 157 g/mol. The molecule has 0 rings (SSSR count). The van der Waals surface area contributed by atoms with Crippen LogP contribution in [0.2, 0.25) is 0 Å². The summed E-state index contributed by atoms with van der Waals surface area (Å²) in [5.74, 6) is 4.70. The van der Waals surface area contributed by atoms with Crippen LogP contribution in [-0.2, 0) is 0 Å².